The number of hydrogen-bond acceptors (Lipinski definition) is 2. The molecule has 1 aromatic carbocycles. The minimum Gasteiger partial charge on any atom is -0.352 e. The maximum absolute atomic E-state index is 11.9. The third kappa shape index (κ3) is 3.59. The Morgan fingerprint density at radius 3 is 2.65 bits per heavy atom. The number of nitrogens with one attached hydrogen (secondary N) is 1. The van der Waals surface area contributed by atoms with E-state index >= 15 is 0 Å². The molecule has 1 heterocycles. The number of hydrogen-bond donors (Lipinski definition) is 1. The van der Waals surface area contributed by atoms with Crippen LogP contribution in [0.2, 0.25) is 0 Å². The van der Waals surface area contributed by atoms with E-state index in [1.807, 2.05) is 17.0 Å². The lowest BCUT2D eigenvalue weighted by Gasteiger charge is -2.26. The molecule has 2 rings (SSSR count). The Labute approximate surface area is 120 Å². The molecule has 0 atom stereocenters. The van der Waals surface area contributed by atoms with Crippen molar-refractivity contribution < 1.29 is 9.59 Å². The molecular weight excluding hydrogens is 252 g/mol. The number of rotatable bonds is 5. The first-order valence-electron chi connectivity index (χ1n) is 7.41. The summed E-state index contributed by atoms with van der Waals surface area (Å²) < 4.78 is 0. The molecule has 20 heavy (non-hydrogen) atoms. The van der Waals surface area contributed by atoms with Crippen molar-refractivity contribution >= 4 is 17.5 Å². The molecule has 4 heteroatoms. The van der Waals surface area contributed by atoms with Crippen LogP contribution in [0.5, 0.6) is 0 Å². The number of benzene rings is 1. The molecule has 1 fully saturated rings. The number of unbranched alkanes of at least 4 members (excludes halogenated alkanes) is 1. The number of carbonyl (C=O) groups is 2. The molecule has 0 bridgehead atoms. The Balaban J connectivity index is 1.98. The fourth-order valence-corrected chi connectivity index (χ4v) is 2.35. The second-order valence-corrected chi connectivity index (χ2v) is 5.16. The summed E-state index contributed by atoms with van der Waals surface area (Å²) in [6.07, 6.45) is 4.71. The van der Waals surface area contributed by atoms with Gasteiger partial charge in [-0.2, -0.15) is 0 Å². The fraction of sp³-hybridized carbons (Fsp3) is 0.500. The smallest absolute Gasteiger partial charge is 0.251 e. The molecule has 108 valence electrons. The van der Waals surface area contributed by atoms with Crippen molar-refractivity contribution in [1.29, 1.82) is 0 Å². The van der Waals surface area contributed by atoms with Crippen LogP contribution in [0.1, 0.15) is 49.4 Å². The van der Waals surface area contributed by atoms with Crippen LogP contribution in [-0.2, 0) is 4.79 Å². The molecule has 0 radical (unpaired) electrons. The number of carbonyl (C=O) groups excluding carboxylic acids is 2. The van der Waals surface area contributed by atoms with Gasteiger partial charge in [-0.1, -0.05) is 13.3 Å². The highest BCUT2D eigenvalue weighted by Crippen LogP contribution is 2.21. The van der Waals surface area contributed by atoms with E-state index in [2.05, 4.69) is 12.2 Å². The predicted octanol–water partition coefficient (Wildman–Crippen LogP) is 2.73. The zero-order valence-corrected chi connectivity index (χ0v) is 12.0. The van der Waals surface area contributed by atoms with Crippen LogP contribution in [0.4, 0.5) is 5.69 Å². The molecule has 0 aromatic heterocycles. The SMILES string of the molecule is CCCCNC(=O)c1ccc(N2CCCCC2=O)cc1. The zero-order chi connectivity index (χ0) is 14.4. The van der Waals surface area contributed by atoms with Gasteiger partial charge in [-0.15, -0.1) is 0 Å². The molecule has 1 aromatic rings. The summed E-state index contributed by atoms with van der Waals surface area (Å²) in [5, 5.41) is 2.89. The van der Waals surface area contributed by atoms with Gasteiger partial charge in [0, 0.05) is 30.8 Å². The van der Waals surface area contributed by atoms with E-state index in [0.29, 0.717) is 18.5 Å². The number of nitrogens with zero attached hydrogens (tertiary/aromatic N) is 1. The summed E-state index contributed by atoms with van der Waals surface area (Å²) in [4.78, 5) is 25.5. The molecule has 1 aliphatic heterocycles. The predicted molar refractivity (Wildman–Crippen MR) is 79.9 cm³/mol. The van der Waals surface area contributed by atoms with Crippen molar-refractivity contribution in [1.82, 2.24) is 5.32 Å². The van der Waals surface area contributed by atoms with Crippen molar-refractivity contribution in [3.8, 4) is 0 Å². The lowest BCUT2D eigenvalue weighted by atomic mass is 10.1. The minimum atomic E-state index is -0.0463. The quantitative estimate of drug-likeness (QED) is 0.839. The first kappa shape index (κ1) is 14.6. The monoisotopic (exact) mass is 274 g/mol. The van der Waals surface area contributed by atoms with E-state index in [4.69, 9.17) is 0 Å². The largest absolute Gasteiger partial charge is 0.352 e. The van der Waals surface area contributed by atoms with Crippen LogP contribution >= 0.6 is 0 Å². The maximum atomic E-state index is 11.9. The van der Waals surface area contributed by atoms with Crippen molar-refractivity contribution in [3.05, 3.63) is 29.8 Å². The summed E-state index contributed by atoms with van der Waals surface area (Å²) in [5.74, 6) is 0.131. The van der Waals surface area contributed by atoms with Gasteiger partial charge in [-0.25, -0.2) is 0 Å². The van der Waals surface area contributed by atoms with E-state index in [9.17, 15) is 9.59 Å². The van der Waals surface area contributed by atoms with Crippen LogP contribution in [0.3, 0.4) is 0 Å². The van der Waals surface area contributed by atoms with Crippen LogP contribution < -0.4 is 10.2 Å². The lowest BCUT2D eigenvalue weighted by molar-refractivity contribution is -0.119. The molecule has 1 saturated heterocycles. The highest BCUT2D eigenvalue weighted by Gasteiger charge is 2.19. The summed E-state index contributed by atoms with van der Waals surface area (Å²) in [6, 6.07) is 7.30. The topological polar surface area (TPSA) is 49.4 Å². The first-order chi connectivity index (χ1) is 9.72. The molecule has 1 N–H and O–H groups in total. The standard InChI is InChI=1S/C16H22N2O2/c1-2-3-11-17-16(20)13-7-9-14(10-8-13)18-12-5-4-6-15(18)19/h7-10H,2-6,11-12H2,1H3,(H,17,20). The van der Waals surface area contributed by atoms with E-state index in [1.54, 1.807) is 12.1 Å². The molecule has 0 saturated carbocycles. The van der Waals surface area contributed by atoms with Gasteiger partial charge < -0.3 is 10.2 Å². The Hall–Kier alpha value is -1.84. The highest BCUT2D eigenvalue weighted by atomic mass is 16.2. The van der Waals surface area contributed by atoms with Gasteiger partial charge in [-0.05, 0) is 43.5 Å². The van der Waals surface area contributed by atoms with Crippen molar-refractivity contribution in [2.75, 3.05) is 18.0 Å². The summed E-state index contributed by atoms with van der Waals surface area (Å²) >= 11 is 0. The Kier molecular flexibility index (Phi) is 5.16. The van der Waals surface area contributed by atoms with E-state index < -0.39 is 0 Å². The molecule has 0 unspecified atom stereocenters. The summed E-state index contributed by atoms with van der Waals surface area (Å²) in [5.41, 5.74) is 1.54. The Bertz CT molecular complexity index is 468. The molecule has 1 aliphatic rings. The average molecular weight is 274 g/mol. The second kappa shape index (κ2) is 7.08. The van der Waals surface area contributed by atoms with Gasteiger partial charge in [0.25, 0.3) is 5.91 Å². The van der Waals surface area contributed by atoms with E-state index in [0.717, 1.165) is 37.9 Å². The number of anilines is 1. The molecule has 0 spiro atoms. The Morgan fingerprint density at radius 2 is 2.00 bits per heavy atom. The normalized spacial score (nSPS) is 15.2. The molecular formula is C16H22N2O2. The van der Waals surface area contributed by atoms with Gasteiger partial charge in [0.2, 0.25) is 5.91 Å². The van der Waals surface area contributed by atoms with Gasteiger partial charge in [0.1, 0.15) is 0 Å². The second-order valence-electron chi connectivity index (χ2n) is 5.16. The van der Waals surface area contributed by atoms with Gasteiger partial charge in [0.15, 0.2) is 0 Å². The summed E-state index contributed by atoms with van der Waals surface area (Å²) in [7, 11) is 0. The third-order valence-corrected chi connectivity index (χ3v) is 3.58. The van der Waals surface area contributed by atoms with Crippen LogP contribution in [0.25, 0.3) is 0 Å². The van der Waals surface area contributed by atoms with Gasteiger partial charge >= 0.3 is 0 Å². The zero-order valence-electron chi connectivity index (χ0n) is 12.0. The first-order valence-corrected chi connectivity index (χ1v) is 7.41. The maximum Gasteiger partial charge on any atom is 0.251 e. The highest BCUT2D eigenvalue weighted by molar-refractivity contribution is 5.96. The molecule has 4 nitrogen and oxygen atoms in total. The lowest BCUT2D eigenvalue weighted by Crippen LogP contribution is -2.35. The van der Waals surface area contributed by atoms with Crippen LogP contribution in [-0.4, -0.2) is 24.9 Å². The molecule has 2 amide bonds. The average Bonchev–Trinajstić information content (AvgIpc) is 2.48. The van der Waals surface area contributed by atoms with Crippen LogP contribution in [0.15, 0.2) is 24.3 Å². The van der Waals surface area contributed by atoms with Crippen LogP contribution in [0, 0.1) is 0 Å². The molecule has 0 aliphatic carbocycles. The van der Waals surface area contributed by atoms with Crippen molar-refractivity contribution in [3.63, 3.8) is 0 Å². The minimum absolute atomic E-state index is 0.0463. The Morgan fingerprint density at radius 1 is 1.25 bits per heavy atom. The van der Waals surface area contributed by atoms with Crippen molar-refractivity contribution in [2.45, 2.75) is 39.0 Å². The third-order valence-electron chi connectivity index (χ3n) is 3.58. The van der Waals surface area contributed by atoms with Crippen molar-refractivity contribution in [2.24, 2.45) is 0 Å². The number of amides is 2. The van der Waals surface area contributed by atoms with E-state index in [1.165, 1.54) is 0 Å². The van der Waals surface area contributed by atoms with Gasteiger partial charge in [-0.3, -0.25) is 9.59 Å². The van der Waals surface area contributed by atoms with Gasteiger partial charge in [0.05, 0.1) is 0 Å². The fourth-order valence-electron chi connectivity index (χ4n) is 2.35. The van der Waals surface area contributed by atoms with E-state index in [-0.39, 0.29) is 11.8 Å². The number of piperidine rings is 1. The summed E-state index contributed by atoms with van der Waals surface area (Å²) in [6.45, 7) is 3.58.